The highest BCUT2D eigenvalue weighted by Gasteiger charge is 2.12. The van der Waals surface area contributed by atoms with E-state index in [-0.39, 0.29) is 5.97 Å². The van der Waals surface area contributed by atoms with Crippen LogP contribution in [-0.2, 0) is 9.53 Å². The van der Waals surface area contributed by atoms with Crippen molar-refractivity contribution < 1.29 is 9.53 Å². The second-order valence-electron chi connectivity index (χ2n) is 3.29. The molecule has 0 aliphatic carbocycles. The van der Waals surface area contributed by atoms with Crippen LogP contribution in [0.1, 0.15) is 39.0 Å². The van der Waals surface area contributed by atoms with Crippen LogP contribution < -0.4 is 5.73 Å². The zero-order chi connectivity index (χ0) is 10.8. The SMILES string of the molecule is C=CCCCCCC(N)C(=O)OCC. The molecule has 0 bridgehead atoms. The summed E-state index contributed by atoms with van der Waals surface area (Å²) >= 11 is 0. The molecule has 0 aromatic rings. The van der Waals surface area contributed by atoms with Crippen molar-refractivity contribution in [3.63, 3.8) is 0 Å². The van der Waals surface area contributed by atoms with Gasteiger partial charge in [-0.05, 0) is 26.2 Å². The van der Waals surface area contributed by atoms with Gasteiger partial charge in [0, 0.05) is 0 Å². The van der Waals surface area contributed by atoms with E-state index in [0.717, 1.165) is 32.1 Å². The molecule has 1 unspecified atom stereocenters. The number of unbranched alkanes of at least 4 members (excludes halogenated alkanes) is 3. The Kier molecular flexibility index (Phi) is 8.24. The summed E-state index contributed by atoms with van der Waals surface area (Å²) in [6.45, 7) is 5.84. The average molecular weight is 199 g/mol. The minimum atomic E-state index is -0.446. The van der Waals surface area contributed by atoms with E-state index in [4.69, 9.17) is 10.5 Å². The Morgan fingerprint density at radius 1 is 1.50 bits per heavy atom. The van der Waals surface area contributed by atoms with Gasteiger partial charge in [0.15, 0.2) is 0 Å². The van der Waals surface area contributed by atoms with Crippen molar-refractivity contribution in [1.82, 2.24) is 0 Å². The maximum Gasteiger partial charge on any atom is 0.322 e. The molecule has 0 aromatic carbocycles. The number of carbonyl (C=O) groups excluding carboxylic acids is 1. The van der Waals surface area contributed by atoms with Gasteiger partial charge in [0.05, 0.1) is 6.61 Å². The topological polar surface area (TPSA) is 52.3 Å². The van der Waals surface area contributed by atoms with Gasteiger partial charge in [0.2, 0.25) is 0 Å². The van der Waals surface area contributed by atoms with Crippen LogP contribution in [0.4, 0.5) is 0 Å². The first-order chi connectivity index (χ1) is 6.72. The lowest BCUT2D eigenvalue weighted by molar-refractivity contribution is -0.144. The van der Waals surface area contributed by atoms with Crippen molar-refractivity contribution in [2.75, 3.05) is 6.61 Å². The van der Waals surface area contributed by atoms with Crippen LogP contribution in [0.15, 0.2) is 12.7 Å². The largest absolute Gasteiger partial charge is 0.465 e. The minimum Gasteiger partial charge on any atom is -0.465 e. The maximum absolute atomic E-state index is 11.1. The van der Waals surface area contributed by atoms with E-state index >= 15 is 0 Å². The first-order valence-corrected chi connectivity index (χ1v) is 5.25. The molecule has 0 aromatic heterocycles. The van der Waals surface area contributed by atoms with Gasteiger partial charge in [-0.3, -0.25) is 4.79 Å². The number of nitrogens with two attached hydrogens (primary N) is 1. The van der Waals surface area contributed by atoms with Gasteiger partial charge in [-0.2, -0.15) is 0 Å². The molecule has 82 valence electrons. The predicted octanol–water partition coefficient (Wildman–Crippen LogP) is 2.01. The Morgan fingerprint density at radius 2 is 2.21 bits per heavy atom. The average Bonchev–Trinajstić information content (AvgIpc) is 2.17. The van der Waals surface area contributed by atoms with E-state index in [1.807, 2.05) is 6.08 Å². The lowest BCUT2D eigenvalue weighted by atomic mass is 10.1. The summed E-state index contributed by atoms with van der Waals surface area (Å²) < 4.78 is 4.80. The van der Waals surface area contributed by atoms with E-state index in [1.165, 1.54) is 0 Å². The van der Waals surface area contributed by atoms with Crippen LogP contribution in [0, 0.1) is 0 Å². The molecule has 0 radical (unpaired) electrons. The molecule has 0 amide bonds. The molecule has 0 rings (SSSR count). The number of allylic oxidation sites excluding steroid dienone is 1. The lowest BCUT2D eigenvalue weighted by Crippen LogP contribution is -2.32. The summed E-state index contributed by atoms with van der Waals surface area (Å²) in [5.74, 6) is -0.281. The molecule has 0 saturated heterocycles. The summed E-state index contributed by atoms with van der Waals surface area (Å²) in [5.41, 5.74) is 5.62. The van der Waals surface area contributed by atoms with Gasteiger partial charge in [0.1, 0.15) is 6.04 Å². The van der Waals surface area contributed by atoms with Gasteiger partial charge >= 0.3 is 5.97 Å². The third kappa shape index (κ3) is 6.66. The van der Waals surface area contributed by atoms with Crippen LogP contribution in [0.25, 0.3) is 0 Å². The van der Waals surface area contributed by atoms with E-state index in [0.29, 0.717) is 6.61 Å². The van der Waals surface area contributed by atoms with Crippen LogP contribution in [0.3, 0.4) is 0 Å². The molecule has 0 heterocycles. The summed E-state index contributed by atoms with van der Waals surface area (Å²) in [6.07, 6.45) is 6.86. The Hall–Kier alpha value is -0.830. The summed E-state index contributed by atoms with van der Waals surface area (Å²) in [5, 5.41) is 0. The highest BCUT2D eigenvalue weighted by molar-refractivity contribution is 5.75. The van der Waals surface area contributed by atoms with Crippen LogP contribution in [0.5, 0.6) is 0 Å². The summed E-state index contributed by atoms with van der Waals surface area (Å²) in [6, 6.07) is -0.446. The van der Waals surface area contributed by atoms with E-state index in [2.05, 4.69) is 6.58 Å². The number of rotatable bonds is 8. The molecule has 0 fully saturated rings. The standard InChI is InChI=1S/C11H21NO2/c1-3-5-6-7-8-9-10(12)11(13)14-4-2/h3,10H,1,4-9,12H2,2H3. The third-order valence-electron chi connectivity index (χ3n) is 2.01. The lowest BCUT2D eigenvalue weighted by Gasteiger charge is -2.09. The third-order valence-corrected chi connectivity index (χ3v) is 2.01. The van der Waals surface area contributed by atoms with Crippen LogP contribution >= 0.6 is 0 Å². The quantitative estimate of drug-likeness (QED) is 0.369. The van der Waals surface area contributed by atoms with E-state index in [9.17, 15) is 4.79 Å². The Morgan fingerprint density at radius 3 is 2.79 bits per heavy atom. The molecular weight excluding hydrogens is 178 g/mol. The number of hydrogen-bond donors (Lipinski definition) is 1. The molecule has 1 atom stereocenters. The summed E-state index contributed by atoms with van der Waals surface area (Å²) in [7, 11) is 0. The molecule has 14 heavy (non-hydrogen) atoms. The van der Waals surface area contributed by atoms with Gasteiger partial charge in [-0.25, -0.2) is 0 Å². The van der Waals surface area contributed by atoms with Gasteiger partial charge < -0.3 is 10.5 Å². The molecule has 0 spiro atoms. The van der Waals surface area contributed by atoms with E-state index in [1.54, 1.807) is 6.92 Å². The van der Waals surface area contributed by atoms with Crippen molar-refractivity contribution >= 4 is 5.97 Å². The van der Waals surface area contributed by atoms with Crippen LogP contribution in [-0.4, -0.2) is 18.6 Å². The molecule has 0 aliphatic heterocycles. The number of ether oxygens (including phenoxy) is 1. The Balaban J connectivity index is 3.38. The molecule has 0 aliphatic rings. The zero-order valence-corrected chi connectivity index (χ0v) is 9.00. The smallest absolute Gasteiger partial charge is 0.322 e. The minimum absolute atomic E-state index is 0.281. The van der Waals surface area contributed by atoms with Crippen molar-refractivity contribution in [2.45, 2.75) is 45.1 Å². The Bertz CT molecular complexity index is 169. The Labute approximate surface area is 86.3 Å². The first-order valence-electron chi connectivity index (χ1n) is 5.25. The van der Waals surface area contributed by atoms with Crippen molar-refractivity contribution in [1.29, 1.82) is 0 Å². The number of hydrogen-bond acceptors (Lipinski definition) is 3. The van der Waals surface area contributed by atoms with Gasteiger partial charge in [-0.15, -0.1) is 6.58 Å². The molecule has 2 N–H and O–H groups in total. The number of carbonyl (C=O) groups is 1. The fourth-order valence-electron chi connectivity index (χ4n) is 1.20. The van der Waals surface area contributed by atoms with Gasteiger partial charge in [-0.1, -0.05) is 18.9 Å². The second kappa shape index (κ2) is 8.75. The van der Waals surface area contributed by atoms with Crippen molar-refractivity contribution in [2.24, 2.45) is 5.73 Å². The van der Waals surface area contributed by atoms with Crippen molar-refractivity contribution in [3.05, 3.63) is 12.7 Å². The first kappa shape index (κ1) is 13.2. The zero-order valence-electron chi connectivity index (χ0n) is 9.00. The fourth-order valence-corrected chi connectivity index (χ4v) is 1.20. The molecule has 3 heteroatoms. The summed E-state index contributed by atoms with van der Waals surface area (Å²) in [4.78, 5) is 11.1. The molecule has 0 saturated carbocycles. The maximum atomic E-state index is 11.1. The molecular formula is C11H21NO2. The highest BCUT2D eigenvalue weighted by atomic mass is 16.5. The highest BCUT2D eigenvalue weighted by Crippen LogP contribution is 2.05. The second-order valence-corrected chi connectivity index (χ2v) is 3.29. The predicted molar refractivity (Wildman–Crippen MR) is 57.9 cm³/mol. The molecule has 3 nitrogen and oxygen atoms in total. The van der Waals surface area contributed by atoms with Gasteiger partial charge in [0.25, 0.3) is 0 Å². The van der Waals surface area contributed by atoms with Crippen molar-refractivity contribution in [3.8, 4) is 0 Å². The van der Waals surface area contributed by atoms with E-state index < -0.39 is 6.04 Å². The normalized spacial score (nSPS) is 12.1. The number of esters is 1. The fraction of sp³-hybridized carbons (Fsp3) is 0.727. The monoisotopic (exact) mass is 199 g/mol. The van der Waals surface area contributed by atoms with Crippen LogP contribution in [0.2, 0.25) is 0 Å².